The van der Waals surface area contributed by atoms with E-state index < -0.39 is 24.9 Å². The lowest BCUT2D eigenvalue weighted by Crippen LogP contribution is -2.39. The standard InChI is InChI=1S/C6H11F3N2O2.ClH/c1-4(2-10)11-5(12)13-3-6(7,8)9;/h4H,2-3,10H2,1H3,(H,11,12);1H. The zero-order valence-corrected chi connectivity index (χ0v) is 8.24. The minimum Gasteiger partial charge on any atom is -0.440 e. The molecule has 14 heavy (non-hydrogen) atoms. The number of halogens is 4. The molecule has 0 aromatic carbocycles. The third kappa shape index (κ3) is 9.40. The van der Waals surface area contributed by atoms with Crippen LogP contribution in [0.4, 0.5) is 18.0 Å². The summed E-state index contributed by atoms with van der Waals surface area (Å²) in [6, 6.07) is -0.402. The Morgan fingerprint density at radius 3 is 2.43 bits per heavy atom. The molecule has 1 atom stereocenters. The summed E-state index contributed by atoms with van der Waals surface area (Å²) in [6.45, 7) is 0.103. The van der Waals surface area contributed by atoms with Gasteiger partial charge in [0.15, 0.2) is 6.61 Å². The summed E-state index contributed by atoms with van der Waals surface area (Å²) in [5.74, 6) is 0. The minimum absolute atomic E-state index is 0. The van der Waals surface area contributed by atoms with Gasteiger partial charge in [0.2, 0.25) is 0 Å². The molecule has 0 aliphatic heterocycles. The first kappa shape index (κ1) is 15.8. The van der Waals surface area contributed by atoms with Crippen molar-refractivity contribution in [3.8, 4) is 0 Å². The molecule has 0 aliphatic rings. The number of nitrogens with two attached hydrogens (primary N) is 1. The van der Waals surface area contributed by atoms with Crippen molar-refractivity contribution in [2.24, 2.45) is 5.73 Å². The van der Waals surface area contributed by atoms with E-state index in [2.05, 4.69) is 10.1 Å². The molecule has 0 aliphatic carbocycles. The van der Waals surface area contributed by atoms with Crippen LogP contribution in [-0.2, 0) is 4.74 Å². The maximum atomic E-state index is 11.5. The second kappa shape index (κ2) is 6.72. The third-order valence-electron chi connectivity index (χ3n) is 1.08. The number of carbonyl (C=O) groups excluding carboxylic acids is 1. The van der Waals surface area contributed by atoms with Crippen LogP contribution in [0.1, 0.15) is 6.92 Å². The number of rotatable bonds is 3. The number of nitrogens with one attached hydrogen (secondary N) is 1. The topological polar surface area (TPSA) is 64.3 Å². The molecule has 8 heteroatoms. The highest BCUT2D eigenvalue weighted by atomic mass is 35.5. The molecule has 4 nitrogen and oxygen atoms in total. The summed E-state index contributed by atoms with van der Waals surface area (Å²) in [5, 5.41) is 2.12. The van der Waals surface area contributed by atoms with Crippen LogP contribution < -0.4 is 11.1 Å². The van der Waals surface area contributed by atoms with Crippen molar-refractivity contribution in [2.45, 2.75) is 19.1 Å². The van der Waals surface area contributed by atoms with Crippen LogP contribution in [0, 0.1) is 0 Å². The molecule has 0 aromatic heterocycles. The summed E-state index contributed by atoms with van der Waals surface area (Å²) >= 11 is 0. The van der Waals surface area contributed by atoms with Gasteiger partial charge < -0.3 is 15.8 Å². The highest BCUT2D eigenvalue weighted by Gasteiger charge is 2.29. The van der Waals surface area contributed by atoms with Gasteiger partial charge in [0.1, 0.15) is 0 Å². The van der Waals surface area contributed by atoms with Gasteiger partial charge in [-0.05, 0) is 6.92 Å². The maximum absolute atomic E-state index is 11.5. The molecule has 0 rings (SSSR count). The van der Waals surface area contributed by atoms with Crippen LogP contribution in [0.15, 0.2) is 0 Å². The Kier molecular flexibility index (Phi) is 7.57. The number of alkyl halides is 3. The zero-order valence-electron chi connectivity index (χ0n) is 7.43. The average molecular weight is 237 g/mol. The highest BCUT2D eigenvalue weighted by Crippen LogP contribution is 2.14. The minimum atomic E-state index is -4.50. The first-order chi connectivity index (χ1) is 5.85. The molecule has 0 heterocycles. The lowest BCUT2D eigenvalue weighted by Gasteiger charge is -2.12. The largest absolute Gasteiger partial charge is 0.440 e. The molecule has 0 saturated carbocycles. The molecule has 0 fully saturated rings. The quantitative estimate of drug-likeness (QED) is 0.770. The van der Waals surface area contributed by atoms with Crippen LogP contribution in [0.5, 0.6) is 0 Å². The van der Waals surface area contributed by atoms with Crippen LogP contribution in [-0.4, -0.2) is 31.5 Å². The van der Waals surface area contributed by atoms with Crippen molar-refractivity contribution in [2.75, 3.05) is 13.2 Å². The van der Waals surface area contributed by atoms with E-state index >= 15 is 0 Å². The normalized spacial score (nSPS) is 12.6. The Morgan fingerprint density at radius 2 is 2.07 bits per heavy atom. The molecule has 1 unspecified atom stereocenters. The molecule has 0 aromatic rings. The third-order valence-corrected chi connectivity index (χ3v) is 1.08. The fraction of sp³-hybridized carbons (Fsp3) is 0.833. The number of alkyl carbamates (subject to hydrolysis) is 1. The fourth-order valence-corrected chi connectivity index (χ4v) is 0.449. The Hall–Kier alpha value is -0.690. The van der Waals surface area contributed by atoms with Gasteiger partial charge in [0.25, 0.3) is 0 Å². The molecule has 1 amide bonds. The molecule has 3 N–H and O–H groups in total. The predicted molar refractivity (Wildman–Crippen MR) is 46.3 cm³/mol. The monoisotopic (exact) mass is 236 g/mol. The van der Waals surface area contributed by atoms with E-state index in [4.69, 9.17) is 5.73 Å². The van der Waals surface area contributed by atoms with Gasteiger partial charge in [-0.25, -0.2) is 4.79 Å². The van der Waals surface area contributed by atoms with E-state index in [1.54, 1.807) is 6.92 Å². The Morgan fingerprint density at radius 1 is 1.57 bits per heavy atom. The van der Waals surface area contributed by atoms with Gasteiger partial charge in [0, 0.05) is 12.6 Å². The van der Waals surface area contributed by atoms with Gasteiger partial charge in [0.05, 0.1) is 0 Å². The summed E-state index contributed by atoms with van der Waals surface area (Å²) < 4.78 is 38.4. The van der Waals surface area contributed by atoms with Crippen LogP contribution in [0.25, 0.3) is 0 Å². The highest BCUT2D eigenvalue weighted by molar-refractivity contribution is 5.85. The number of carbonyl (C=O) groups is 1. The van der Waals surface area contributed by atoms with Crippen molar-refractivity contribution < 1.29 is 22.7 Å². The van der Waals surface area contributed by atoms with E-state index in [0.717, 1.165) is 0 Å². The van der Waals surface area contributed by atoms with E-state index in [-0.39, 0.29) is 19.0 Å². The van der Waals surface area contributed by atoms with Crippen LogP contribution in [0.2, 0.25) is 0 Å². The molecule has 86 valence electrons. The van der Waals surface area contributed by atoms with Crippen LogP contribution >= 0.6 is 12.4 Å². The van der Waals surface area contributed by atoms with Gasteiger partial charge in [-0.15, -0.1) is 12.4 Å². The molecular formula is C6H12ClF3N2O2. The lowest BCUT2D eigenvalue weighted by molar-refractivity contribution is -0.160. The number of amides is 1. The van der Waals surface area contributed by atoms with Crippen molar-refractivity contribution in [3.63, 3.8) is 0 Å². The summed E-state index contributed by atoms with van der Waals surface area (Å²) in [6.07, 6.45) is -5.61. The lowest BCUT2D eigenvalue weighted by atomic mass is 10.3. The first-order valence-electron chi connectivity index (χ1n) is 3.55. The van der Waals surface area contributed by atoms with Crippen LogP contribution in [0.3, 0.4) is 0 Å². The zero-order chi connectivity index (χ0) is 10.5. The molecular weight excluding hydrogens is 225 g/mol. The van der Waals surface area contributed by atoms with Crippen molar-refractivity contribution >= 4 is 18.5 Å². The fourth-order valence-electron chi connectivity index (χ4n) is 0.449. The van der Waals surface area contributed by atoms with E-state index in [1.165, 1.54) is 0 Å². The number of hydrogen-bond donors (Lipinski definition) is 2. The molecule has 0 radical (unpaired) electrons. The summed E-state index contributed by atoms with van der Waals surface area (Å²) in [4.78, 5) is 10.6. The van der Waals surface area contributed by atoms with E-state index in [9.17, 15) is 18.0 Å². The molecule has 0 bridgehead atoms. The predicted octanol–water partition coefficient (Wildman–Crippen LogP) is 1.04. The average Bonchev–Trinajstić information content (AvgIpc) is 1.99. The first-order valence-corrected chi connectivity index (χ1v) is 3.55. The van der Waals surface area contributed by atoms with Crippen molar-refractivity contribution in [1.29, 1.82) is 0 Å². The Balaban J connectivity index is 0. The molecule has 0 saturated heterocycles. The number of hydrogen-bond acceptors (Lipinski definition) is 3. The summed E-state index contributed by atoms with van der Waals surface area (Å²) in [7, 11) is 0. The van der Waals surface area contributed by atoms with Gasteiger partial charge >= 0.3 is 12.3 Å². The SMILES string of the molecule is CC(CN)NC(=O)OCC(F)(F)F.Cl. The summed E-state index contributed by atoms with van der Waals surface area (Å²) in [5.41, 5.74) is 5.11. The Bertz CT molecular complexity index is 177. The van der Waals surface area contributed by atoms with Gasteiger partial charge in [-0.1, -0.05) is 0 Å². The van der Waals surface area contributed by atoms with E-state index in [0.29, 0.717) is 0 Å². The van der Waals surface area contributed by atoms with Gasteiger partial charge in [-0.2, -0.15) is 13.2 Å². The second-order valence-electron chi connectivity index (χ2n) is 2.47. The van der Waals surface area contributed by atoms with E-state index in [1.807, 2.05) is 0 Å². The van der Waals surface area contributed by atoms with Gasteiger partial charge in [-0.3, -0.25) is 0 Å². The second-order valence-corrected chi connectivity index (χ2v) is 2.47. The Labute approximate surface area is 85.4 Å². The van der Waals surface area contributed by atoms with Crippen molar-refractivity contribution in [3.05, 3.63) is 0 Å². The van der Waals surface area contributed by atoms with Crippen molar-refractivity contribution in [1.82, 2.24) is 5.32 Å². The molecule has 0 spiro atoms. The smallest absolute Gasteiger partial charge is 0.422 e. The maximum Gasteiger partial charge on any atom is 0.422 e. The number of ether oxygens (including phenoxy) is 1.